The molecule has 1 atom stereocenters. The molecule has 1 aliphatic heterocycles. The number of piperidine rings is 1. The normalized spacial score (nSPS) is 17.9. The second-order valence-electron chi connectivity index (χ2n) is 6.80. The molecule has 1 saturated heterocycles. The van der Waals surface area contributed by atoms with Crippen LogP contribution in [-0.4, -0.2) is 50.3 Å². The van der Waals surface area contributed by atoms with Crippen molar-refractivity contribution >= 4 is 17.4 Å². The number of hydrogen-bond acceptors (Lipinski definition) is 3. The summed E-state index contributed by atoms with van der Waals surface area (Å²) in [5.74, 6) is 0.447. The van der Waals surface area contributed by atoms with E-state index in [4.69, 9.17) is 4.74 Å². The van der Waals surface area contributed by atoms with Crippen LogP contribution >= 0.6 is 0 Å². The summed E-state index contributed by atoms with van der Waals surface area (Å²) < 4.78 is 5.52. The van der Waals surface area contributed by atoms with Crippen molar-refractivity contribution in [1.29, 1.82) is 0 Å². The van der Waals surface area contributed by atoms with Gasteiger partial charge in [0.05, 0.1) is 6.61 Å². The lowest BCUT2D eigenvalue weighted by Crippen LogP contribution is -2.43. The average Bonchev–Trinajstić information content (AvgIpc) is 2.59. The molecular formula is C19H31N3O2. The molecule has 2 amide bonds. The Balaban J connectivity index is 1.95. The first-order valence-corrected chi connectivity index (χ1v) is 8.97. The lowest BCUT2D eigenvalue weighted by Gasteiger charge is -2.32. The number of rotatable bonds is 6. The summed E-state index contributed by atoms with van der Waals surface area (Å²) in [4.78, 5) is 16.7. The van der Waals surface area contributed by atoms with Crippen LogP contribution in [0.3, 0.4) is 0 Å². The van der Waals surface area contributed by atoms with E-state index >= 15 is 0 Å². The second-order valence-corrected chi connectivity index (χ2v) is 6.80. The Morgan fingerprint density at radius 1 is 1.46 bits per heavy atom. The molecule has 0 radical (unpaired) electrons. The first kappa shape index (κ1) is 18.6. The van der Waals surface area contributed by atoms with Crippen molar-refractivity contribution in [1.82, 2.24) is 4.90 Å². The molecule has 134 valence electrons. The molecule has 0 aliphatic carbocycles. The van der Waals surface area contributed by atoms with Crippen LogP contribution < -0.4 is 10.2 Å². The monoisotopic (exact) mass is 333 g/mol. The molecule has 24 heavy (non-hydrogen) atoms. The SMILES string of the molecule is CCOC[C@@H]1CCCN(C(=O)Nc2cccc(N(C)C(C)C)c2)C1. The van der Waals surface area contributed by atoms with Gasteiger partial charge in [-0.15, -0.1) is 0 Å². The highest BCUT2D eigenvalue weighted by molar-refractivity contribution is 5.90. The van der Waals surface area contributed by atoms with Crippen molar-refractivity contribution in [3.05, 3.63) is 24.3 Å². The Kier molecular flexibility index (Phi) is 6.91. The first-order chi connectivity index (χ1) is 11.5. The molecule has 5 nitrogen and oxygen atoms in total. The summed E-state index contributed by atoms with van der Waals surface area (Å²) in [5.41, 5.74) is 1.95. The molecule has 0 saturated carbocycles. The second kappa shape index (κ2) is 8.92. The summed E-state index contributed by atoms with van der Waals surface area (Å²) >= 11 is 0. The minimum absolute atomic E-state index is 0.0134. The summed E-state index contributed by atoms with van der Waals surface area (Å²) in [6.45, 7) is 9.38. The number of carbonyl (C=O) groups excluding carboxylic acids is 1. The van der Waals surface area contributed by atoms with Gasteiger partial charge in [0.15, 0.2) is 0 Å². The number of urea groups is 1. The number of benzene rings is 1. The van der Waals surface area contributed by atoms with Crippen LogP contribution in [0.2, 0.25) is 0 Å². The molecule has 1 fully saturated rings. The van der Waals surface area contributed by atoms with Gasteiger partial charge in [-0.1, -0.05) is 6.07 Å². The van der Waals surface area contributed by atoms with E-state index < -0.39 is 0 Å². The molecule has 5 heteroatoms. The predicted molar refractivity (Wildman–Crippen MR) is 99.8 cm³/mol. The maximum atomic E-state index is 12.6. The van der Waals surface area contributed by atoms with E-state index in [2.05, 4.69) is 37.2 Å². The van der Waals surface area contributed by atoms with E-state index in [9.17, 15) is 4.79 Å². The zero-order chi connectivity index (χ0) is 17.5. The third-order valence-corrected chi connectivity index (χ3v) is 4.64. The maximum Gasteiger partial charge on any atom is 0.321 e. The Bertz CT molecular complexity index is 533. The highest BCUT2D eigenvalue weighted by Gasteiger charge is 2.23. The standard InChI is InChI=1S/C19H31N3O2/c1-5-24-14-16-8-7-11-22(13-16)19(23)20-17-9-6-10-18(12-17)21(4)15(2)3/h6,9-10,12,15-16H,5,7-8,11,13-14H2,1-4H3,(H,20,23)/t16-/m1/s1. The predicted octanol–water partition coefficient (Wildman–Crippen LogP) is 3.81. The molecule has 0 unspecified atom stereocenters. The van der Waals surface area contributed by atoms with Gasteiger partial charge in [0.1, 0.15) is 0 Å². The van der Waals surface area contributed by atoms with E-state index in [0.717, 1.165) is 50.5 Å². The van der Waals surface area contributed by atoms with E-state index in [0.29, 0.717) is 12.0 Å². The van der Waals surface area contributed by atoms with Crippen molar-refractivity contribution in [2.45, 2.75) is 39.7 Å². The Morgan fingerprint density at radius 3 is 2.96 bits per heavy atom. The minimum atomic E-state index is -0.0134. The topological polar surface area (TPSA) is 44.8 Å². The molecule has 1 aromatic rings. The lowest BCUT2D eigenvalue weighted by molar-refractivity contribution is 0.0777. The Morgan fingerprint density at radius 2 is 2.25 bits per heavy atom. The quantitative estimate of drug-likeness (QED) is 0.861. The maximum absolute atomic E-state index is 12.6. The van der Waals surface area contributed by atoms with E-state index in [1.807, 2.05) is 30.0 Å². The van der Waals surface area contributed by atoms with Crippen LogP contribution in [0.1, 0.15) is 33.6 Å². The fourth-order valence-corrected chi connectivity index (χ4v) is 2.97. The summed E-state index contributed by atoms with van der Waals surface area (Å²) in [6, 6.07) is 8.42. The highest BCUT2D eigenvalue weighted by atomic mass is 16.5. The average molecular weight is 333 g/mol. The first-order valence-electron chi connectivity index (χ1n) is 8.97. The number of carbonyl (C=O) groups is 1. The molecule has 0 bridgehead atoms. The molecular weight excluding hydrogens is 302 g/mol. The van der Waals surface area contributed by atoms with Gasteiger partial charge in [-0.05, 0) is 51.8 Å². The minimum Gasteiger partial charge on any atom is -0.381 e. The van der Waals surface area contributed by atoms with Crippen LogP contribution in [0.15, 0.2) is 24.3 Å². The van der Waals surface area contributed by atoms with E-state index in [-0.39, 0.29) is 6.03 Å². The fourth-order valence-electron chi connectivity index (χ4n) is 2.97. The fraction of sp³-hybridized carbons (Fsp3) is 0.632. The zero-order valence-electron chi connectivity index (χ0n) is 15.4. The van der Waals surface area contributed by atoms with Gasteiger partial charge in [-0.25, -0.2) is 4.79 Å². The molecule has 1 aromatic carbocycles. The molecule has 1 heterocycles. The van der Waals surface area contributed by atoms with Crippen molar-refractivity contribution in [3.63, 3.8) is 0 Å². The summed E-state index contributed by atoms with van der Waals surface area (Å²) in [5, 5.41) is 3.04. The molecule has 1 aliphatic rings. The van der Waals surface area contributed by atoms with Gasteiger partial charge >= 0.3 is 6.03 Å². The van der Waals surface area contributed by atoms with Crippen LogP contribution in [0.4, 0.5) is 16.2 Å². The van der Waals surface area contributed by atoms with Gasteiger partial charge in [-0.2, -0.15) is 0 Å². The van der Waals surface area contributed by atoms with Gasteiger partial charge in [0.2, 0.25) is 0 Å². The van der Waals surface area contributed by atoms with Gasteiger partial charge in [0.25, 0.3) is 0 Å². The van der Waals surface area contributed by atoms with Crippen LogP contribution in [0, 0.1) is 5.92 Å². The zero-order valence-corrected chi connectivity index (χ0v) is 15.4. The Labute approximate surface area is 146 Å². The number of amides is 2. The van der Waals surface area contributed by atoms with Crippen molar-refractivity contribution in [2.75, 3.05) is 43.6 Å². The van der Waals surface area contributed by atoms with Crippen molar-refractivity contribution < 1.29 is 9.53 Å². The van der Waals surface area contributed by atoms with E-state index in [1.165, 1.54) is 0 Å². The molecule has 0 spiro atoms. The number of anilines is 2. The molecule has 2 rings (SSSR count). The van der Waals surface area contributed by atoms with Crippen LogP contribution in [0.25, 0.3) is 0 Å². The number of hydrogen-bond donors (Lipinski definition) is 1. The summed E-state index contributed by atoms with van der Waals surface area (Å²) in [7, 11) is 2.06. The number of nitrogens with one attached hydrogen (secondary N) is 1. The van der Waals surface area contributed by atoms with Gasteiger partial charge < -0.3 is 19.9 Å². The molecule has 1 N–H and O–H groups in total. The van der Waals surface area contributed by atoms with E-state index in [1.54, 1.807) is 0 Å². The Hall–Kier alpha value is -1.75. The van der Waals surface area contributed by atoms with Crippen molar-refractivity contribution in [3.8, 4) is 0 Å². The van der Waals surface area contributed by atoms with Crippen LogP contribution in [-0.2, 0) is 4.74 Å². The van der Waals surface area contributed by atoms with Crippen molar-refractivity contribution in [2.24, 2.45) is 5.92 Å². The largest absolute Gasteiger partial charge is 0.381 e. The van der Waals surface area contributed by atoms with Gasteiger partial charge in [0, 0.05) is 50.1 Å². The molecule has 0 aromatic heterocycles. The number of likely N-dealkylation sites (tertiary alicyclic amines) is 1. The number of nitrogens with zero attached hydrogens (tertiary/aromatic N) is 2. The smallest absolute Gasteiger partial charge is 0.321 e. The third-order valence-electron chi connectivity index (χ3n) is 4.64. The highest BCUT2D eigenvalue weighted by Crippen LogP contribution is 2.22. The lowest BCUT2D eigenvalue weighted by atomic mass is 9.99. The summed E-state index contributed by atoms with van der Waals surface area (Å²) in [6.07, 6.45) is 2.18. The third kappa shape index (κ3) is 5.13. The van der Waals surface area contributed by atoms with Crippen LogP contribution in [0.5, 0.6) is 0 Å². The van der Waals surface area contributed by atoms with Gasteiger partial charge in [-0.3, -0.25) is 0 Å². The number of ether oxygens (including phenoxy) is 1.